The van der Waals surface area contributed by atoms with Gasteiger partial charge in [0.25, 0.3) is 0 Å². The summed E-state index contributed by atoms with van der Waals surface area (Å²) in [6, 6.07) is 4.40. The van der Waals surface area contributed by atoms with E-state index in [9.17, 15) is 12.8 Å². The third kappa shape index (κ3) is 5.32. The van der Waals surface area contributed by atoms with Gasteiger partial charge in [0.15, 0.2) is 11.6 Å². The third-order valence-corrected chi connectivity index (χ3v) is 3.78. The van der Waals surface area contributed by atoms with Crippen LogP contribution < -0.4 is 9.88 Å². The van der Waals surface area contributed by atoms with Gasteiger partial charge in [0, 0.05) is 9.89 Å². The molecule has 0 aliphatic carbocycles. The molecule has 0 saturated heterocycles. The van der Waals surface area contributed by atoms with Gasteiger partial charge in [-0.05, 0) is 18.2 Å². The van der Waals surface area contributed by atoms with E-state index in [0.717, 1.165) is 0 Å². The molecule has 0 atom stereocenters. The number of hydrogen-bond acceptors (Lipinski definition) is 3. The highest BCUT2D eigenvalue weighted by atomic mass is 79.9. The normalized spacial score (nSPS) is 12.5. The van der Waals surface area contributed by atoms with Gasteiger partial charge >= 0.3 is 0 Å². The van der Waals surface area contributed by atoms with Crippen LogP contribution in [0.5, 0.6) is 5.75 Å². The molecule has 7 heteroatoms. The summed E-state index contributed by atoms with van der Waals surface area (Å²) in [5, 5.41) is 4.98. The number of sulfonamides is 1. The predicted molar refractivity (Wildman–Crippen MR) is 71.4 cm³/mol. The van der Waals surface area contributed by atoms with Crippen molar-refractivity contribution in [2.45, 2.75) is 13.8 Å². The standard InChI is InChI=1S/C11H15BrFNO3S/c1-11(2,7-18(14,15)16)6-17-10-4-3-8(12)5-9(10)13/h3-5H,6-7H2,1-2H3,(H2,14,15,16). The number of rotatable bonds is 5. The van der Waals surface area contributed by atoms with E-state index in [1.54, 1.807) is 19.9 Å². The molecule has 0 spiro atoms. The minimum atomic E-state index is -3.58. The number of primary sulfonamides is 1. The molecule has 0 amide bonds. The van der Waals surface area contributed by atoms with E-state index >= 15 is 0 Å². The first-order chi connectivity index (χ1) is 8.09. The van der Waals surface area contributed by atoms with Crippen LogP contribution in [-0.4, -0.2) is 20.8 Å². The van der Waals surface area contributed by atoms with Gasteiger partial charge in [0.05, 0.1) is 12.4 Å². The van der Waals surface area contributed by atoms with E-state index in [4.69, 9.17) is 9.88 Å². The lowest BCUT2D eigenvalue weighted by Crippen LogP contribution is -2.33. The lowest BCUT2D eigenvalue weighted by molar-refractivity contribution is 0.193. The lowest BCUT2D eigenvalue weighted by Gasteiger charge is -2.23. The topological polar surface area (TPSA) is 69.4 Å². The molecule has 2 N–H and O–H groups in total. The van der Waals surface area contributed by atoms with Gasteiger partial charge in [-0.1, -0.05) is 29.8 Å². The van der Waals surface area contributed by atoms with Crippen molar-refractivity contribution in [2.75, 3.05) is 12.4 Å². The van der Waals surface area contributed by atoms with E-state index in [2.05, 4.69) is 15.9 Å². The molecule has 0 bridgehead atoms. The van der Waals surface area contributed by atoms with Gasteiger partial charge in [-0.15, -0.1) is 0 Å². The fourth-order valence-electron chi connectivity index (χ4n) is 1.45. The molecular weight excluding hydrogens is 325 g/mol. The molecule has 0 aliphatic rings. The zero-order valence-electron chi connectivity index (χ0n) is 10.1. The number of ether oxygens (including phenoxy) is 1. The molecule has 4 nitrogen and oxygen atoms in total. The Labute approximate surface area is 115 Å². The molecule has 0 heterocycles. The van der Waals surface area contributed by atoms with E-state index in [-0.39, 0.29) is 18.1 Å². The highest BCUT2D eigenvalue weighted by Crippen LogP contribution is 2.24. The zero-order valence-corrected chi connectivity index (χ0v) is 12.5. The van der Waals surface area contributed by atoms with Gasteiger partial charge in [-0.2, -0.15) is 0 Å². The highest BCUT2D eigenvalue weighted by molar-refractivity contribution is 9.10. The number of nitrogens with two attached hydrogens (primary N) is 1. The predicted octanol–water partition coefficient (Wildman–Crippen LogP) is 2.28. The average molecular weight is 340 g/mol. The van der Waals surface area contributed by atoms with Crippen molar-refractivity contribution in [1.29, 1.82) is 0 Å². The first-order valence-corrected chi connectivity index (χ1v) is 7.68. The molecule has 18 heavy (non-hydrogen) atoms. The van der Waals surface area contributed by atoms with Crippen LogP contribution in [0.4, 0.5) is 4.39 Å². The van der Waals surface area contributed by atoms with Gasteiger partial charge in [-0.3, -0.25) is 0 Å². The monoisotopic (exact) mass is 339 g/mol. The summed E-state index contributed by atoms with van der Waals surface area (Å²) in [7, 11) is -3.58. The molecular formula is C11H15BrFNO3S. The molecule has 0 saturated carbocycles. The number of hydrogen-bond donors (Lipinski definition) is 1. The Morgan fingerprint density at radius 3 is 2.56 bits per heavy atom. The summed E-state index contributed by atoms with van der Waals surface area (Å²) >= 11 is 3.14. The minimum absolute atomic E-state index is 0.0575. The molecule has 1 aromatic rings. The van der Waals surface area contributed by atoms with E-state index in [1.165, 1.54) is 12.1 Å². The van der Waals surface area contributed by atoms with Crippen LogP contribution in [0, 0.1) is 11.2 Å². The van der Waals surface area contributed by atoms with E-state index < -0.39 is 21.3 Å². The molecule has 102 valence electrons. The summed E-state index contributed by atoms with van der Waals surface area (Å²) in [6.45, 7) is 3.43. The van der Waals surface area contributed by atoms with Crippen LogP contribution in [0.1, 0.15) is 13.8 Å². The van der Waals surface area contributed by atoms with Crippen LogP contribution in [0.2, 0.25) is 0 Å². The molecule has 0 fully saturated rings. The van der Waals surface area contributed by atoms with Crippen LogP contribution in [-0.2, 0) is 10.0 Å². The third-order valence-electron chi connectivity index (χ3n) is 2.10. The Hall–Kier alpha value is -0.660. The Morgan fingerprint density at radius 1 is 1.44 bits per heavy atom. The van der Waals surface area contributed by atoms with Crippen molar-refractivity contribution in [1.82, 2.24) is 0 Å². The van der Waals surface area contributed by atoms with Crippen LogP contribution in [0.15, 0.2) is 22.7 Å². The lowest BCUT2D eigenvalue weighted by atomic mass is 9.98. The van der Waals surface area contributed by atoms with Crippen molar-refractivity contribution in [3.63, 3.8) is 0 Å². The number of halogens is 2. The quantitative estimate of drug-likeness (QED) is 0.894. The fraction of sp³-hybridized carbons (Fsp3) is 0.455. The molecule has 1 rings (SSSR count). The average Bonchev–Trinajstić information content (AvgIpc) is 2.12. The molecule has 0 unspecified atom stereocenters. The molecule has 0 radical (unpaired) electrons. The number of benzene rings is 1. The van der Waals surface area contributed by atoms with Crippen LogP contribution >= 0.6 is 15.9 Å². The fourth-order valence-corrected chi connectivity index (χ4v) is 2.96. The molecule has 1 aromatic carbocycles. The molecule has 0 aromatic heterocycles. The van der Waals surface area contributed by atoms with Gasteiger partial charge < -0.3 is 4.74 Å². The second kappa shape index (κ2) is 5.54. The van der Waals surface area contributed by atoms with Crippen molar-refractivity contribution < 1.29 is 17.5 Å². The highest BCUT2D eigenvalue weighted by Gasteiger charge is 2.25. The van der Waals surface area contributed by atoms with Crippen molar-refractivity contribution in [3.8, 4) is 5.75 Å². The van der Waals surface area contributed by atoms with E-state index in [1.807, 2.05) is 0 Å². The maximum atomic E-state index is 13.5. The first kappa shape index (κ1) is 15.4. The maximum absolute atomic E-state index is 13.5. The summed E-state index contributed by atoms with van der Waals surface area (Å²) in [5.74, 6) is -0.644. The van der Waals surface area contributed by atoms with Crippen LogP contribution in [0.3, 0.4) is 0 Å². The van der Waals surface area contributed by atoms with Gasteiger partial charge in [0.2, 0.25) is 10.0 Å². The SMILES string of the molecule is CC(C)(COc1ccc(Br)cc1F)CS(N)(=O)=O. The molecule has 0 aliphatic heterocycles. The maximum Gasteiger partial charge on any atom is 0.209 e. The Balaban J connectivity index is 2.70. The van der Waals surface area contributed by atoms with Crippen LogP contribution in [0.25, 0.3) is 0 Å². The summed E-state index contributed by atoms with van der Waals surface area (Å²) in [5.41, 5.74) is -0.687. The largest absolute Gasteiger partial charge is 0.490 e. The Kier molecular flexibility index (Phi) is 4.74. The summed E-state index contributed by atoms with van der Waals surface area (Å²) in [4.78, 5) is 0. The first-order valence-electron chi connectivity index (χ1n) is 5.17. The summed E-state index contributed by atoms with van der Waals surface area (Å²) < 4.78 is 41.4. The van der Waals surface area contributed by atoms with Gasteiger partial charge in [0.1, 0.15) is 0 Å². The van der Waals surface area contributed by atoms with Gasteiger partial charge in [-0.25, -0.2) is 17.9 Å². The minimum Gasteiger partial charge on any atom is -0.490 e. The Bertz CT molecular complexity index is 531. The Morgan fingerprint density at radius 2 is 2.06 bits per heavy atom. The summed E-state index contributed by atoms with van der Waals surface area (Å²) in [6.07, 6.45) is 0. The van der Waals surface area contributed by atoms with E-state index in [0.29, 0.717) is 4.47 Å². The van der Waals surface area contributed by atoms with Crippen molar-refractivity contribution in [3.05, 3.63) is 28.5 Å². The van der Waals surface area contributed by atoms with Crippen molar-refractivity contribution in [2.24, 2.45) is 10.6 Å². The van der Waals surface area contributed by atoms with Crippen molar-refractivity contribution >= 4 is 26.0 Å². The zero-order chi connectivity index (χ0) is 14.0. The smallest absolute Gasteiger partial charge is 0.209 e. The second-order valence-electron chi connectivity index (χ2n) is 4.83. The second-order valence-corrected chi connectivity index (χ2v) is 7.36.